The quantitative estimate of drug-likeness (QED) is 0.915. The predicted octanol–water partition coefficient (Wildman–Crippen LogP) is 3.62. The van der Waals surface area contributed by atoms with E-state index in [0.717, 1.165) is 12.1 Å². The Balaban J connectivity index is 0.00000147. The molecule has 2 unspecified atom stereocenters. The number of fused-ring (bicyclic) bond motifs is 2. The lowest BCUT2D eigenvalue weighted by molar-refractivity contribution is 0.166. The molecule has 0 spiro atoms. The summed E-state index contributed by atoms with van der Waals surface area (Å²) in [4.78, 5) is 2.36. The number of rotatable bonds is 3. The highest BCUT2D eigenvalue weighted by Crippen LogP contribution is 2.30. The number of nitrogens with zero attached hydrogens (tertiary/aromatic N) is 1. The Morgan fingerprint density at radius 2 is 1.95 bits per heavy atom. The van der Waals surface area contributed by atoms with E-state index in [1.807, 2.05) is 6.07 Å². The highest BCUT2D eigenvalue weighted by molar-refractivity contribution is 6.30. The van der Waals surface area contributed by atoms with Crippen LogP contribution in [0.2, 0.25) is 5.02 Å². The average molecular weight is 319 g/mol. The van der Waals surface area contributed by atoms with Gasteiger partial charge < -0.3 is 5.32 Å². The summed E-state index contributed by atoms with van der Waals surface area (Å²) in [6, 6.07) is 7.09. The second-order valence-electron chi connectivity index (χ2n) is 5.93. The Labute approximate surface area is 131 Å². The second-order valence-corrected chi connectivity index (χ2v) is 6.33. The van der Waals surface area contributed by atoms with Crippen molar-refractivity contribution < 1.29 is 4.39 Å². The van der Waals surface area contributed by atoms with Crippen molar-refractivity contribution in [2.24, 2.45) is 0 Å². The first-order chi connectivity index (χ1) is 9.11. The van der Waals surface area contributed by atoms with Gasteiger partial charge in [-0.2, -0.15) is 0 Å². The zero-order valence-corrected chi connectivity index (χ0v) is 13.2. The van der Waals surface area contributed by atoms with Gasteiger partial charge in [-0.1, -0.05) is 17.7 Å². The molecule has 2 atom stereocenters. The van der Waals surface area contributed by atoms with Crippen molar-refractivity contribution in [3.8, 4) is 0 Å². The number of nitrogens with one attached hydrogen (secondary N) is 1. The summed E-state index contributed by atoms with van der Waals surface area (Å²) in [5.74, 6) is -0.321. The van der Waals surface area contributed by atoms with Crippen LogP contribution in [0.1, 0.15) is 31.2 Å². The first-order valence-corrected chi connectivity index (χ1v) is 7.40. The molecule has 1 aromatic rings. The molecule has 0 amide bonds. The standard InChI is InChI=1S/C15H20ClFN2.ClH/c1-19(9-10-2-5-14(16)15(17)6-10)13-7-11-3-4-12(8-13)18-11;/h2,5-6,11-13,18H,3-4,7-9H2,1H3;1H. The van der Waals surface area contributed by atoms with Gasteiger partial charge in [0, 0.05) is 24.7 Å². The molecule has 2 fully saturated rings. The molecule has 2 aliphatic rings. The van der Waals surface area contributed by atoms with Gasteiger partial charge in [0.2, 0.25) is 0 Å². The molecule has 0 saturated carbocycles. The highest BCUT2D eigenvalue weighted by Gasteiger charge is 2.34. The number of benzene rings is 1. The van der Waals surface area contributed by atoms with Gasteiger partial charge in [-0.15, -0.1) is 12.4 Å². The molecule has 3 rings (SSSR count). The zero-order chi connectivity index (χ0) is 13.4. The van der Waals surface area contributed by atoms with Crippen molar-refractivity contribution in [2.45, 2.75) is 50.4 Å². The molecule has 0 radical (unpaired) electrons. The van der Waals surface area contributed by atoms with Crippen LogP contribution in [0.25, 0.3) is 0 Å². The molecule has 0 aliphatic carbocycles. The van der Waals surface area contributed by atoms with E-state index in [1.165, 1.54) is 25.7 Å². The van der Waals surface area contributed by atoms with Crippen LogP contribution in [0.3, 0.4) is 0 Å². The van der Waals surface area contributed by atoms with Gasteiger partial charge in [0.05, 0.1) is 5.02 Å². The Morgan fingerprint density at radius 3 is 2.55 bits per heavy atom. The van der Waals surface area contributed by atoms with Crippen molar-refractivity contribution in [1.29, 1.82) is 0 Å². The van der Waals surface area contributed by atoms with Gasteiger partial charge in [0.15, 0.2) is 0 Å². The summed E-state index contributed by atoms with van der Waals surface area (Å²) < 4.78 is 13.4. The molecule has 112 valence electrons. The van der Waals surface area contributed by atoms with Crippen LogP contribution in [0, 0.1) is 5.82 Å². The summed E-state index contributed by atoms with van der Waals surface area (Å²) >= 11 is 5.72. The van der Waals surface area contributed by atoms with Crippen molar-refractivity contribution >= 4 is 24.0 Å². The van der Waals surface area contributed by atoms with Gasteiger partial charge in [-0.25, -0.2) is 4.39 Å². The third kappa shape index (κ3) is 3.45. The third-order valence-electron chi connectivity index (χ3n) is 4.49. The minimum absolute atomic E-state index is 0. The molecule has 1 N–H and O–H groups in total. The topological polar surface area (TPSA) is 15.3 Å². The molecule has 0 aromatic heterocycles. The maximum absolute atomic E-state index is 13.4. The Kier molecular flexibility index (Phi) is 5.30. The molecule has 20 heavy (non-hydrogen) atoms. The molecule has 2 aliphatic heterocycles. The van der Waals surface area contributed by atoms with E-state index in [2.05, 4.69) is 17.3 Å². The number of hydrogen-bond donors (Lipinski definition) is 1. The van der Waals surface area contributed by atoms with Crippen molar-refractivity contribution in [2.75, 3.05) is 7.05 Å². The van der Waals surface area contributed by atoms with E-state index in [4.69, 9.17) is 11.6 Å². The average Bonchev–Trinajstić information content (AvgIpc) is 2.72. The maximum atomic E-state index is 13.4. The molecule has 2 nitrogen and oxygen atoms in total. The summed E-state index contributed by atoms with van der Waals surface area (Å²) in [7, 11) is 2.14. The van der Waals surface area contributed by atoms with Gasteiger partial charge in [0.25, 0.3) is 0 Å². The van der Waals surface area contributed by atoms with E-state index in [1.54, 1.807) is 12.1 Å². The van der Waals surface area contributed by atoms with Crippen LogP contribution < -0.4 is 5.32 Å². The lowest BCUT2D eigenvalue weighted by atomic mass is 9.98. The van der Waals surface area contributed by atoms with Crippen LogP contribution in [0.4, 0.5) is 4.39 Å². The van der Waals surface area contributed by atoms with Gasteiger partial charge in [0.1, 0.15) is 5.82 Å². The van der Waals surface area contributed by atoms with Crippen LogP contribution in [-0.2, 0) is 6.54 Å². The fourth-order valence-corrected chi connectivity index (χ4v) is 3.56. The van der Waals surface area contributed by atoms with E-state index < -0.39 is 0 Å². The maximum Gasteiger partial charge on any atom is 0.142 e. The van der Waals surface area contributed by atoms with Gasteiger partial charge in [-0.3, -0.25) is 4.90 Å². The zero-order valence-electron chi connectivity index (χ0n) is 11.6. The highest BCUT2D eigenvalue weighted by atomic mass is 35.5. The lowest BCUT2D eigenvalue weighted by Crippen LogP contribution is -2.46. The Hall–Kier alpha value is -0.350. The van der Waals surface area contributed by atoms with E-state index in [-0.39, 0.29) is 23.2 Å². The van der Waals surface area contributed by atoms with Crippen molar-refractivity contribution in [3.63, 3.8) is 0 Å². The smallest absolute Gasteiger partial charge is 0.142 e. The summed E-state index contributed by atoms with van der Waals surface area (Å²) in [6.45, 7) is 0.790. The minimum atomic E-state index is -0.321. The van der Waals surface area contributed by atoms with Crippen LogP contribution in [-0.4, -0.2) is 30.1 Å². The van der Waals surface area contributed by atoms with Crippen molar-refractivity contribution in [3.05, 3.63) is 34.6 Å². The van der Waals surface area contributed by atoms with E-state index in [0.29, 0.717) is 18.1 Å². The summed E-state index contributed by atoms with van der Waals surface area (Å²) in [5.41, 5.74) is 0.996. The molecule has 2 saturated heterocycles. The van der Waals surface area contributed by atoms with Crippen LogP contribution in [0.15, 0.2) is 18.2 Å². The van der Waals surface area contributed by atoms with Crippen LogP contribution >= 0.6 is 24.0 Å². The predicted molar refractivity (Wildman–Crippen MR) is 83.1 cm³/mol. The first kappa shape index (κ1) is 16.0. The molecule has 2 bridgehead atoms. The Bertz CT molecular complexity index is 457. The molecular weight excluding hydrogens is 298 g/mol. The molecular formula is C15H21Cl2FN2. The first-order valence-electron chi connectivity index (χ1n) is 7.02. The van der Waals surface area contributed by atoms with E-state index >= 15 is 0 Å². The number of piperidine rings is 1. The number of hydrogen-bond acceptors (Lipinski definition) is 2. The third-order valence-corrected chi connectivity index (χ3v) is 4.79. The second kappa shape index (κ2) is 6.61. The SMILES string of the molecule is CN(Cc1ccc(Cl)c(F)c1)C1CC2CCC(C1)N2.Cl. The molecule has 5 heteroatoms. The summed E-state index contributed by atoms with van der Waals surface area (Å²) in [5, 5.41) is 3.85. The van der Waals surface area contributed by atoms with Crippen molar-refractivity contribution in [1.82, 2.24) is 10.2 Å². The fourth-order valence-electron chi connectivity index (χ4n) is 3.44. The van der Waals surface area contributed by atoms with E-state index in [9.17, 15) is 4.39 Å². The van der Waals surface area contributed by atoms with Gasteiger partial charge in [-0.05, 0) is 50.4 Å². The lowest BCUT2D eigenvalue weighted by Gasteiger charge is -2.35. The molecule has 1 aromatic carbocycles. The largest absolute Gasteiger partial charge is 0.311 e. The van der Waals surface area contributed by atoms with Crippen LogP contribution in [0.5, 0.6) is 0 Å². The van der Waals surface area contributed by atoms with Gasteiger partial charge >= 0.3 is 0 Å². The summed E-state index contributed by atoms with van der Waals surface area (Å²) in [6.07, 6.45) is 5.04. The minimum Gasteiger partial charge on any atom is -0.311 e. The molecule has 2 heterocycles. The fraction of sp³-hybridized carbons (Fsp3) is 0.600. The monoisotopic (exact) mass is 318 g/mol. The number of halogens is 3. The Morgan fingerprint density at radius 1 is 1.30 bits per heavy atom. The normalized spacial score (nSPS) is 28.5.